The summed E-state index contributed by atoms with van der Waals surface area (Å²) >= 11 is 4.85. The molecule has 138 valence electrons. The summed E-state index contributed by atoms with van der Waals surface area (Å²) in [5.41, 5.74) is 0. The van der Waals surface area contributed by atoms with Crippen molar-refractivity contribution in [1.29, 1.82) is 0 Å². The molecule has 0 heterocycles. The Bertz CT molecular complexity index is 415. The minimum atomic E-state index is -0.542. The van der Waals surface area contributed by atoms with E-state index in [0.29, 0.717) is 4.58 Å². The van der Waals surface area contributed by atoms with Gasteiger partial charge in [0.15, 0.2) is 0 Å². The molecule has 5 unspecified atom stereocenters. The summed E-state index contributed by atoms with van der Waals surface area (Å²) in [4.78, 5) is 0. The smallest absolute Gasteiger partial charge is 0.0287 e. The number of thiol groups is 1. The lowest BCUT2D eigenvalue weighted by atomic mass is 9.90. The summed E-state index contributed by atoms with van der Waals surface area (Å²) < 4.78 is 0.595. The van der Waals surface area contributed by atoms with Crippen LogP contribution in [0, 0.1) is 17.8 Å². The SMILES string of the molecule is C[C@@H](S)S(C)(C)C1CCCC(CS(C)(C)C2CC3CCC2C3)C1. The van der Waals surface area contributed by atoms with Crippen molar-refractivity contribution in [2.24, 2.45) is 17.8 Å². The van der Waals surface area contributed by atoms with Crippen LogP contribution in [-0.2, 0) is 0 Å². The first kappa shape index (κ1) is 18.8. The maximum absolute atomic E-state index is 4.85. The van der Waals surface area contributed by atoms with Crippen molar-refractivity contribution in [2.45, 2.75) is 73.4 Å². The van der Waals surface area contributed by atoms with Crippen molar-refractivity contribution < 1.29 is 0 Å². The second-order valence-corrected chi connectivity index (χ2v) is 19.4. The molecule has 3 rings (SSSR count). The normalized spacial score (nSPS) is 41.0. The second kappa shape index (κ2) is 6.99. The van der Waals surface area contributed by atoms with Gasteiger partial charge in [-0.1, -0.05) is 12.8 Å². The van der Waals surface area contributed by atoms with Crippen molar-refractivity contribution in [3.63, 3.8) is 0 Å². The van der Waals surface area contributed by atoms with Crippen LogP contribution in [0.1, 0.15) is 58.3 Å². The van der Waals surface area contributed by atoms with Crippen LogP contribution in [-0.4, -0.2) is 45.9 Å². The van der Waals surface area contributed by atoms with Gasteiger partial charge in [-0.3, -0.25) is 0 Å². The molecular weight excluding hydrogens is 336 g/mol. The molecule has 0 aromatic heterocycles. The van der Waals surface area contributed by atoms with E-state index in [4.69, 9.17) is 12.6 Å². The van der Waals surface area contributed by atoms with E-state index in [-0.39, 0.29) is 10.0 Å². The third kappa shape index (κ3) is 3.92. The molecule has 3 aliphatic carbocycles. The Morgan fingerprint density at radius 1 is 0.957 bits per heavy atom. The molecule has 3 heteroatoms. The molecule has 0 aromatic carbocycles. The number of rotatable bonds is 5. The lowest BCUT2D eigenvalue weighted by Crippen LogP contribution is -2.33. The molecule has 2 bridgehead atoms. The molecule has 3 fully saturated rings. The fourth-order valence-corrected chi connectivity index (χ4v) is 12.4. The van der Waals surface area contributed by atoms with Gasteiger partial charge >= 0.3 is 0 Å². The highest BCUT2D eigenvalue weighted by Crippen LogP contribution is 2.63. The van der Waals surface area contributed by atoms with Crippen LogP contribution in [0.25, 0.3) is 0 Å². The second-order valence-electron chi connectivity index (χ2n) is 9.74. The van der Waals surface area contributed by atoms with Gasteiger partial charge in [0, 0.05) is 4.58 Å². The van der Waals surface area contributed by atoms with E-state index in [2.05, 4.69) is 31.9 Å². The molecule has 0 spiro atoms. The van der Waals surface area contributed by atoms with Crippen molar-refractivity contribution in [2.75, 3.05) is 30.8 Å². The molecular formula is C20H40S3. The molecule has 6 atom stereocenters. The van der Waals surface area contributed by atoms with E-state index >= 15 is 0 Å². The molecule has 0 nitrogen and oxygen atoms in total. The van der Waals surface area contributed by atoms with Crippen molar-refractivity contribution >= 4 is 32.7 Å². The molecule has 0 aromatic rings. The van der Waals surface area contributed by atoms with Gasteiger partial charge in [0.25, 0.3) is 0 Å². The van der Waals surface area contributed by atoms with Crippen LogP contribution >= 0.6 is 32.7 Å². The largest absolute Gasteiger partial charge is 0.243 e. The van der Waals surface area contributed by atoms with Gasteiger partial charge in [0.05, 0.1) is 0 Å². The quantitative estimate of drug-likeness (QED) is 0.547. The molecule has 0 saturated heterocycles. The van der Waals surface area contributed by atoms with Gasteiger partial charge in [-0.05, 0) is 104 Å². The summed E-state index contributed by atoms with van der Waals surface area (Å²) in [6.45, 7) is 2.34. The van der Waals surface area contributed by atoms with Crippen molar-refractivity contribution in [3.8, 4) is 0 Å². The number of hydrogen-bond donors (Lipinski definition) is 1. The van der Waals surface area contributed by atoms with Crippen molar-refractivity contribution in [3.05, 3.63) is 0 Å². The van der Waals surface area contributed by atoms with E-state index in [9.17, 15) is 0 Å². The first-order chi connectivity index (χ1) is 10.7. The van der Waals surface area contributed by atoms with Gasteiger partial charge in [0.2, 0.25) is 0 Å². The Kier molecular flexibility index (Phi) is 5.72. The highest BCUT2D eigenvalue weighted by Gasteiger charge is 2.45. The van der Waals surface area contributed by atoms with Crippen LogP contribution in [0.15, 0.2) is 0 Å². The van der Waals surface area contributed by atoms with Gasteiger partial charge < -0.3 is 0 Å². The number of fused-ring (bicyclic) bond motifs is 2. The summed E-state index contributed by atoms with van der Waals surface area (Å²) in [5, 5.41) is 2.09. The fraction of sp³-hybridized carbons (Fsp3) is 1.00. The van der Waals surface area contributed by atoms with Crippen molar-refractivity contribution in [1.82, 2.24) is 0 Å². The van der Waals surface area contributed by atoms with Gasteiger partial charge in [-0.25, -0.2) is 20.1 Å². The van der Waals surface area contributed by atoms with E-state index < -0.39 is 10.0 Å². The Morgan fingerprint density at radius 3 is 2.26 bits per heavy atom. The third-order valence-corrected chi connectivity index (χ3v) is 16.7. The summed E-state index contributed by atoms with van der Waals surface area (Å²) in [6.07, 6.45) is 22.8. The monoisotopic (exact) mass is 376 g/mol. The zero-order valence-electron chi connectivity index (χ0n) is 16.1. The fourth-order valence-electron chi connectivity index (χ4n) is 5.92. The maximum Gasteiger partial charge on any atom is 0.0287 e. The minimum Gasteiger partial charge on any atom is -0.243 e. The molecule has 0 aliphatic heterocycles. The predicted octanol–water partition coefficient (Wildman–Crippen LogP) is 6.14. The van der Waals surface area contributed by atoms with Gasteiger partial charge in [-0.2, -0.15) is 12.6 Å². The highest BCUT2D eigenvalue weighted by atomic mass is 32.3. The lowest BCUT2D eigenvalue weighted by Gasteiger charge is -2.50. The first-order valence-electron chi connectivity index (χ1n) is 9.79. The molecule has 3 aliphatic rings. The summed E-state index contributed by atoms with van der Waals surface area (Å²) in [7, 11) is -0.932. The number of hydrogen-bond acceptors (Lipinski definition) is 1. The van der Waals surface area contributed by atoms with Gasteiger partial charge in [0.1, 0.15) is 0 Å². The maximum atomic E-state index is 4.85. The zero-order chi connectivity index (χ0) is 16.8. The molecule has 0 N–H and O–H groups in total. The molecule has 23 heavy (non-hydrogen) atoms. The zero-order valence-corrected chi connectivity index (χ0v) is 18.6. The van der Waals surface area contributed by atoms with E-state index in [1.807, 2.05) is 0 Å². The average molecular weight is 377 g/mol. The average Bonchev–Trinajstić information content (AvgIpc) is 3.10. The Balaban J connectivity index is 1.61. The topological polar surface area (TPSA) is 0 Å². The van der Waals surface area contributed by atoms with E-state index in [1.165, 1.54) is 25.7 Å². The van der Waals surface area contributed by atoms with Crippen LogP contribution in [0.5, 0.6) is 0 Å². The van der Waals surface area contributed by atoms with Crippen LogP contribution in [0.2, 0.25) is 0 Å². The van der Waals surface area contributed by atoms with E-state index in [1.54, 1.807) is 31.4 Å². The summed E-state index contributed by atoms with van der Waals surface area (Å²) in [5.74, 6) is 4.83. The van der Waals surface area contributed by atoms with Crippen LogP contribution in [0.4, 0.5) is 0 Å². The minimum absolute atomic E-state index is 0.389. The molecule has 0 radical (unpaired) electrons. The third-order valence-electron chi connectivity index (χ3n) is 7.63. The standard InChI is InChI=1S/C20H40S3/c1-15(21)23(4,5)19-8-6-7-17(12-19)14-22(2,3)20-13-16-9-10-18(20)11-16/h15-21H,6-14H2,1-5H3/t15-,16?,17?,18?,19?,20?/m0/s1. The predicted molar refractivity (Wildman–Crippen MR) is 117 cm³/mol. The Morgan fingerprint density at radius 2 is 1.70 bits per heavy atom. The lowest BCUT2D eigenvalue weighted by molar-refractivity contribution is 0.394. The van der Waals surface area contributed by atoms with Crippen LogP contribution in [0.3, 0.4) is 0 Å². The highest BCUT2D eigenvalue weighted by molar-refractivity contribution is 8.38. The first-order valence-corrected chi connectivity index (χ1v) is 15.6. The molecule has 0 amide bonds. The Labute approximate surface area is 154 Å². The van der Waals surface area contributed by atoms with E-state index in [0.717, 1.165) is 28.3 Å². The van der Waals surface area contributed by atoms with Crippen LogP contribution < -0.4 is 0 Å². The molecule has 3 saturated carbocycles. The Hall–Kier alpha value is 1.05. The summed E-state index contributed by atoms with van der Waals surface area (Å²) in [6, 6.07) is 0. The van der Waals surface area contributed by atoms with Gasteiger partial charge in [-0.15, -0.1) is 0 Å².